The largest absolute Gasteiger partial charge is 0.318 e. The maximum Gasteiger partial charge on any atom is 0.0907 e. The van der Waals surface area contributed by atoms with Crippen molar-refractivity contribution in [2.24, 2.45) is 0 Å². The number of thiazole rings is 1. The van der Waals surface area contributed by atoms with Gasteiger partial charge in [-0.25, -0.2) is 4.98 Å². The van der Waals surface area contributed by atoms with Crippen molar-refractivity contribution >= 4 is 34.0 Å². The van der Waals surface area contributed by atoms with Crippen molar-refractivity contribution in [3.05, 3.63) is 28.8 Å². The zero-order valence-corrected chi connectivity index (χ0v) is 12.7. The Bertz CT molecular complexity index is 498. The molecule has 2 rings (SSSR count). The van der Waals surface area contributed by atoms with Crippen molar-refractivity contribution in [2.75, 3.05) is 27.2 Å². The van der Waals surface area contributed by atoms with Gasteiger partial charge in [0.1, 0.15) is 0 Å². The topological polar surface area (TPSA) is 28.2 Å². The molecule has 1 aromatic carbocycles. The average molecular weight is 286 g/mol. The third-order valence-corrected chi connectivity index (χ3v) is 3.69. The number of aromatic nitrogens is 1. The molecule has 0 spiro atoms. The molecule has 0 amide bonds. The van der Waals surface area contributed by atoms with Gasteiger partial charge in [0, 0.05) is 19.6 Å². The molecule has 0 bridgehead atoms. The molecule has 0 aliphatic carbocycles. The molecule has 1 heterocycles. The zero-order valence-electron chi connectivity index (χ0n) is 11.1. The number of rotatable bonds is 5. The van der Waals surface area contributed by atoms with Crippen molar-refractivity contribution in [2.45, 2.75) is 13.5 Å². The SMILES string of the molecule is CNCCN(C)Cc1ccc2nc(C)sc2c1.Cl. The third kappa shape index (κ3) is 3.92. The van der Waals surface area contributed by atoms with E-state index in [4.69, 9.17) is 0 Å². The normalized spacial score (nSPS) is 10.9. The summed E-state index contributed by atoms with van der Waals surface area (Å²) in [6, 6.07) is 6.56. The minimum Gasteiger partial charge on any atom is -0.318 e. The van der Waals surface area contributed by atoms with E-state index in [0.29, 0.717) is 0 Å². The molecule has 18 heavy (non-hydrogen) atoms. The van der Waals surface area contributed by atoms with Crippen LogP contribution in [0.4, 0.5) is 0 Å². The lowest BCUT2D eigenvalue weighted by Gasteiger charge is -2.16. The van der Waals surface area contributed by atoms with Crippen LogP contribution in [0.1, 0.15) is 10.6 Å². The highest BCUT2D eigenvalue weighted by atomic mass is 35.5. The Morgan fingerprint density at radius 3 is 2.89 bits per heavy atom. The summed E-state index contributed by atoms with van der Waals surface area (Å²) in [6.07, 6.45) is 0. The molecule has 0 saturated carbocycles. The first-order chi connectivity index (χ1) is 8.19. The van der Waals surface area contributed by atoms with Crippen molar-refractivity contribution in [1.29, 1.82) is 0 Å². The number of hydrogen-bond donors (Lipinski definition) is 1. The average Bonchev–Trinajstić information content (AvgIpc) is 2.65. The summed E-state index contributed by atoms with van der Waals surface area (Å²) in [6.45, 7) is 5.15. The molecule has 0 aliphatic rings. The fraction of sp³-hybridized carbons (Fsp3) is 0.462. The molecule has 5 heteroatoms. The Hall–Kier alpha value is -0.680. The Balaban J connectivity index is 0.00000162. The number of nitrogens with one attached hydrogen (secondary N) is 1. The minimum absolute atomic E-state index is 0. The molecule has 0 fully saturated rings. The van der Waals surface area contributed by atoms with Crippen molar-refractivity contribution in [3.8, 4) is 0 Å². The van der Waals surface area contributed by atoms with Crippen LogP contribution < -0.4 is 5.32 Å². The van der Waals surface area contributed by atoms with Crippen LogP contribution in [-0.2, 0) is 6.54 Å². The van der Waals surface area contributed by atoms with Gasteiger partial charge in [0.15, 0.2) is 0 Å². The Kier molecular flexibility index (Phi) is 6.02. The summed E-state index contributed by atoms with van der Waals surface area (Å²) in [7, 11) is 4.14. The fourth-order valence-corrected chi connectivity index (χ4v) is 2.77. The minimum atomic E-state index is 0. The van der Waals surface area contributed by atoms with E-state index in [1.807, 2.05) is 7.05 Å². The molecule has 1 aromatic heterocycles. The quantitative estimate of drug-likeness (QED) is 0.915. The molecule has 0 atom stereocenters. The van der Waals surface area contributed by atoms with Crippen LogP contribution in [0.15, 0.2) is 18.2 Å². The lowest BCUT2D eigenvalue weighted by molar-refractivity contribution is 0.328. The summed E-state index contributed by atoms with van der Waals surface area (Å²) in [5, 5.41) is 4.31. The standard InChI is InChI=1S/C13H19N3S.ClH/c1-10-15-12-5-4-11(8-13(12)17-10)9-16(3)7-6-14-2;/h4-5,8,14H,6-7,9H2,1-3H3;1H. The van der Waals surface area contributed by atoms with Gasteiger partial charge in [0.25, 0.3) is 0 Å². The van der Waals surface area contributed by atoms with Crippen LogP contribution in [0.3, 0.4) is 0 Å². The first-order valence-electron chi connectivity index (χ1n) is 5.88. The molecule has 100 valence electrons. The number of likely N-dealkylation sites (N-methyl/N-ethyl adjacent to an activating group) is 2. The van der Waals surface area contributed by atoms with Gasteiger partial charge in [-0.15, -0.1) is 23.7 Å². The summed E-state index contributed by atoms with van der Waals surface area (Å²) >= 11 is 1.77. The van der Waals surface area contributed by atoms with Gasteiger partial charge in [0.2, 0.25) is 0 Å². The smallest absolute Gasteiger partial charge is 0.0907 e. The number of benzene rings is 1. The Labute approximate surface area is 119 Å². The molecule has 1 N–H and O–H groups in total. The summed E-state index contributed by atoms with van der Waals surface area (Å²) in [5.74, 6) is 0. The number of hydrogen-bond acceptors (Lipinski definition) is 4. The highest BCUT2D eigenvalue weighted by molar-refractivity contribution is 7.18. The van der Waals surface area contributed by atoms with Crippen LogP contribution in [0.2, 0.25) is 0 Å². The van der Waals surface area contributed by atoms with E-state index in [0.717, 1.165) is 30.2 Å². The molecule has 0 unspecified atom stereocenters. The molecular formula is C13H20ClN3S. The number of fused-ring (bicyclic) bond motifs is 1. The van der Waals surface area contributed by atoms with Gasteiger partial charge >= 0.3 is 0 Å². The Morgan fingerprint density at radius 2 is 2.17 bits per heavy atom. The van der Waals surface area contributed by atoms with Crippen molar-refractivity contribution in [3.63, 3.8) is 0 Å². The molecule has 0 radical (unpaired) electrons. The number of aryl methyl sites for hydroxylation is 1. The van der Waals surface area contributed by atoms with Gasteiger partial charge in [-0.2, -0.15) is 0 Å². The van der Waals surface area contributed by atoms with E-state index in [1.54, 1.807) is 11.3 Å². The third-order valence-electron chi connectivity index (χ3n) is 2.76. The van der Waals surface area contributed by atoms with Gasteiger partial charge in [-0.1, -0.05) is 6.07 Å². The maximum absolute atomic E-state index is 4.48. The fourth-order valence-electron chi connectivity index (χ4n) is 1.88. The second kappa shape index (κ2) is 7.04. The molecule has 2 aromatic rings. The highest BCUT2D eigenvalue weighted by Gasteiger charge is 2.04. The van der Waals surface area contributed by atoms with Gasteiger partial charge in [0.05, 0.1) is 15.2 Å². The summed E-state index contributed by atoms with van der Waals surface area (Å²) in [4.78, 5) is 6.80. The van der Waals surface area contributed by atoms with Crippen LogP contribution >= 0.6 is 23.7 Å². The molecule has 0 saturated heterocycles. The second-order valence-corrected chi connectivity index (χ2v) is 5.61. The summed E-state index contributed by atoms with van der Waals surface area (Å²) < 4.78 is 1.29. The van der Waals surface area contributed by atoms with E-state index in [2.05, 4.69) is 47.4 Å². The number of halogens is 1. The van der Waals surface area contributed by atoms with Crippen molar-refractivity contribution in [1.82, 2.24) is 15.2 Å². The van der Waals surface area contributed by atoms with Crippen LogP contribution in [0.5, 0.6) is 0 Å². The van der Waals surface area contributed by atoms with E-state index >= 15 is 0 Å². The van der Waals surface area contributed by atoms with Crippen LogP contribution in [0.25, 0.3) is 10.2 Å². The molecule has 3 nitrogen and oxygen atoms in total. The summed E-state index contributed by atoms with van der Waals surface area (Å²) in [5.41, 5.74) is 2.48. The van der Waals surface area contributed by atoms with Crippen molar-refractivity contribution < 1.29 is 0 Å². The molecule has 0 aliphatic heterocycles. The first-order valence-corrected chi connectivity index (χ1v) is 6.70. The van der Waals surface area contributed by atoms with E-state index < -0.39 is 0 Å². The highest BCUT2D eigenvalue weighted by Crippen LogP contribution is 2.22. The molecular weight excluding hydrogens is 266 g/mol. The predicted molar refractivity (Wildman–Crippen MR) is 81.9 cm³/mol. The van der Waals surface area contributed by atoms with E-state index in [1.165, 1.54) is 10.3 Å². The predicted octanol–water partition coefficient (Wildman–Crippen LogP) is 2.68. The van der Waals surface area contributed by atoms with Crippen LogP contribution in [0, 0.1) is 6.92 Å². The van der Waals surface area contributed by atoms with E-state index in [9.17, 15) is 0 Å². The van der Waals surface area contributed by atoms with Gasteiger partial charge < -0.3 is 10.2 Å². The zero-order chi connectivity index (χ0) is 12.3. The number of nitrogens with zero attached hydrogens (tertiary/aromatic N) is 2. The lowest BCUT2D eigenvalue weighted by atomic mass is 10.2. The van der Waals surface area contributed by atoms with Gasteiger partial charge in [-0.05, 0) is 38.7 Å². The van der Waals surface area contributed by atoms with Crippen LogP contribution in [-0.4, -0.2) is 37.1 Å². The Morgan fingerprint density at radius 1 is 1.39 bits per heavy atom. The second-order valence-electron chi connectivity index (χ2n) is 4.38. The first kappa shape index (κ1) is 15.4. The van der Waals surface area contributed by atoms with E-state index in [-0.39, 0.29) is 12.4 Å². The maximum atomic E-state index is 4.48. The monoisotopic (exact) mass is 285 g/mol. The van der Waals surface area contributed by atoms with Gasteiger partial charge in [-0.3, -0.25) is 0 Å². The lowest BCUT2D eigenvalue weighted by Crippen LogP contribution is -2.26.